The topological polar surface area (TPSA) is 44.6 Å². The minimum atomic E-state index is -0.223. The summed E-state index contributed by atoms with van der Waals surface area (Å²) in [5, 5.41) is 14.6. The van der Waals surface area contributed by atoms with Gasteiger partial charge in [-0.1, -0.05) is 67.7 Å². The Balaban J connectivity index is 1.77. The lowest BCUT2D eigenvalue weighted by atomic mass is 9.93. The van der Waals surface area contributed by atoms with E-state index in [9.17, 15) is 5.11 Å². The molecule has 0 radical (unpaired) electrons. The molecule has 2 N–H and O–H groups in total. The van der Waals surface area contributed by atoms with Crippen molar-refractivity contribution in [2.75, 3.05) is 0 Å². The van der Waals surface area contributed by atoms with Crippen LogP contribution >= 0.6 is 43.5 Å². The van der Waals surface area contributed by atoms with E-state index in [0.717, 1.165) is 31.3 Å². The molecule has 0 bridgehead atoms. The summed E-state index contributed by atoms with van der Waals surface area (Å²) >= 11 is 13.2. The minimum Gasteiger partial charge on any atom is -0.508 e. The van der Waals surface area contributed by atoms with Crippen molar-refractivity contribution in [3.8, 4) is 5.75 Å². The molecule has 0 aromatic heterocycles. The Morgan fingerprint density at radius 1 is 0.964 bits per heavy atom. The van der Waals surface area contributed by atoms with Crippen LogP contribution in [0, 0.1) is 0 Å². The Morgan fingerprint density at radius 3 is 2.50 bits per heavy atom. The van der Waals surface area contributed by atoms with Crippen molar-refractivity contribution >= 4 is 49.2 Å². The second-order valence-corrected chi connectivity index (χ2v) is 8.93. The standard InChI is InChI=1S/C22H17Br2ClN2O/c23-15-6-4-13(5-7-15)22-26-19(14-2-1-3-16(24)10-14)12-20(27-22)18-11-17(25)8-9-21(18)28/h1-11,20,22,27-28H,12H2/t20-,22-/m1/s1. The normalized spacial score (nSPS) is 19.3. The summed E-state index contributed by atoms with van der Waals surface area (Å²) in [6.45, 7) is 0. The summed E-state index contributed by atoms with van der Waals surface area (Å²) in [5.41, 5.74) is 3.88. The van der Waals surface area contributed by atoms with Gasteiger partial charge in [0.25, 0.3) is 0 Å². The Hall–Kier alpha value is -1.66. The van der Waals surface area contributed by atoms with E-state index in [1.165, 1.54) is 0 Å². The Kier molecular flexibility index (Phi) is 5.88. The predicted octanol–water partition coefficient (Wildman–Crippen LogP) is 6.79. The summed E-state index contributed by atoms with van der Waals surface area (Å²) in [7, 11) is 0. The van der Waals surface area contributed by atoms with Crippen molar-refractivity contribution in [2.45, 2.75) is 18.6 Å². The first kappa shape index (κ1) is 19.6. The molecule has 0 amide bonds. The summed E-state index contributed by atoms with van der Waals surface area (Å²) in [4.78, 5) is 4.98. The van der Waals surface area contributed by atoms with Gasteiger partial charge in [0.1, 0.15) is 11.9 Å². The third kappa shape index (κ3) is 4.33. The van der Waals surface area contributed by atoms with Crippen LogP contribution in [0.1, 0.15) is 35.3 Å². The van der Waals surface area contributed by atoms with Crippen LogP contribution in [0.15, 0.2) is 80.7 Å². The molecule has 0 aliphatic carbocycles. The van der Waals surface area contributed by atoms with E-state index in [2.05, 4.69) is 49.3 Å². The first-order valence-corrected chi connectivity index (χ1v) is 10.8. The van der Waals surface area contributed by atoms with Crippen LogP contribution in [-0.2, 0) is 0 Å². The van der Waals surface area contributed by atoms with Crippen LogP contribution in [-0.4, -0.2) is 10.8 Å². The van der Waals surface area contributed by atoms with E-state index in [-0.39, 0.29) is 18.0 Å². The zero-order chi connectivity index (χ0) is 19.7. The highest BCUT2D eigenvalue weighted by molar-refractivity contribution is 9.10. The van der Waals surface area contributed by atoms with E-state index in [0.29, 0.717) is 11.4 Å². The SMILES string of the molecule is Oc1ccc(Cl)cc1[C@H]1CC(c2cccc(Br)c2)=N[C@@H](c2ccc(Br)cc2)N1. The molecule has 1 aliphatic rings. The highest BCUT2D eigenvalue weighted by atomic mass is 79.9. The van der Waals surface area contributed by atoms with Crippen LogP contribution in [0.5, 0.6) is 5.75 Å². The molecule has 28 heavy (non-hydrogen) atoms. The first-order valence-electron chi connectivity index (χ1n) is 8.82. The van der Waals surface area contributed by atoms with Crippen LogP contribution < -0.4 is 5.32 Å². The molecule has 3 aromatic carbocycles. The molecule has 1 aliphatic heterocycles. The summed E-state index contributed by atoms with van der Waals surface area (Å²) in [5.74, 6) is 0.229. The van der Waals surface area contributed by atoms with Gasteiger partial charge in [0.05, 0.1) is 0 Å². The van der Waals surface area contributed by atoms with Crippen molar-refractivity contribution < 1.29 is 5.11 Å². The summed E-state index contributed by atoms with van der Waals surface area (Å²) in [6.07, 6.45) is 0.427. The van der Waals surface area contributed by atoms with Gasteiger partial charge in [-0.15, -0.1) is 0 Å². The number of halogens is 3. The van der Waals surface area contributed by atoms with Crippen LogP contribution in [0.25, 0.3) is 0 Å². The molecule has 2 atom stereocenters. The van der Waals surface area contributed by atoms with Crippen molar-refractivity contribution in [3.63, 3.8) is 0 Å². The molecule has 1 heterocycles. The van der Waals surface area contributed by atoms with Gasteiger partial charge < -0.3 is 5.11 Å². The molecule has 0 fully saturated rings. The number of phenolic OH excluding ortho intramolecular Hbond substituents is 1. The number of rotatable bonds is 3. The predicted molar refractivity (Wildman–Crippen MR) is 121 cm³/mol. The van der Waals surface area contributed by atoms with Crippen LogP contribution in [0.4, 0.5) is 0 Å². The maximum atomic E-state index is 10.4. The van der Waals surface area contributed by atoms with E-state index < -0.39 is 0 Å². The van der Waals surface area contributed by atoms with Crippen molar-refractivity contribution in [1.29, 1.82) is 0 Å². The molecule has 3 nitrogen and oxygen atoms in total. The average molecular weight is 521 g/mol. The lowest BCUT2D eigenvalue weighted by Crippen LogP contribution is -2.33. The number of nitrogens with one attached hydrogen (secondary N) is 1. The molecule has 142 valence electrons. The monoisotopic (exact) mass is 518 g/mol. The first-order chi connectivity index (χ1) is 13.5. The van der Waals surface area contributed by atoms with Gasteiger partial charge in [0.15, 0.2) is 0 Å². The number of nitrogens with zero attached hydrogens (tertiary/aromatic N) is 1. The molecule has 3 aromatic rings. The van der Waals surface area contributed by atoms with Crippen LogP contribution in [0.3, 0.4) is 0 Å². The van der Waals surface area contributed by atoms with Crippen molar-refractivity contribution in [1.82, 2.24) is 5.32 Å². The Morgan fingerprint density at radius 2 is 1.75 bits per heavy atom. The lowest BCUT2D eigenvalue weighted by molar-refractivity contribution is 0.412. The molecule has 0 unspecified atom stereocenters. The van der Waals surface area contributed by atoms with Gasteiger partial charge in [-0.2, -0.15) is 0 Å². The number of phenols is 1. The van der Waals surface area contributed by atoms with Gasteiger partial charge in [0, 0.05) is 37.7 Å². The largest absolute Gasteiger partial charge is 0.508 e. The molecule has 0 saturated carbocycles. The number of benzene rings is 3. The number of hydrogen-bond acceptors (Lipinski definition) is 3. The van der Waals surface area contributed by atoms with Gasteiger partial charge in [-0.25, -0.2) is 0 Å². The van der Waals surface area contributed by atoms with Gasteiger partial charge in [-0.3, -0.25) is 10.3 Å². The van der Waals surface area contributed by atoms with Crippen molar-refractivity contribution in [2.24, 2.45) is 4.99 Å². The van der Waals surface area contributed by atoms with E-state index in [1.54, 1.807) is 12.1 Å². The smallest absolute Gasteiger partial charge is 0.126 e. The zero-order valence-electron chi connectivity index (χ0n) is 14.7. The Bertz CT molecular complexity index is 1040. The molecule has 0 spiro atoms. The fourth-order valence-corrected chi connectivity index (χ4v) is 4.21. The van der Waals surface area contributed by atoms with Gasteiger partial charge >= 0.3 is 0 Å². The second-order valence-electron chi connectivity index (χ2n) is 6.67. The third-order valence-corrected chi connectivity index (χ3v) is 6.01. The van der Waals surface area contributed by atoms with E-state index >= 15 is 0 Å². The average Bonchev–Trinajstić information content (AvgIpc) is 2.70. The van der Waals surface area contributed by atoms with Crippen molar-refractivity contribution in [3.05, 3.63) is 97.4 Å². The fraction of sp³-hybridized carbons (Fsp3) is 0.136. The quantitative estimate of drug-likeness (QED) is 0.399. The summed E-state index contributed by atoms with van der Waals surface area (Å²) < 4.78 is 2.03. The van der Waals surface area contributed by atoms with Gasteiger partial charge in [0.2, 0.25) is 0 Å². The highest BCUT2D eigenvalue weighted by Gasteiger charge is 2.28. The molecule has 4 rings (SSSR count). The number of aliphatic imine (C=N–C) groups is 1. The number of hydrogen-bond donors (Lipinski definition) is 2. The van der Waals surface area contributed by atoms with E-state index in [1.807, 2.05) is 42.5 Å². The molecular formula is C22H17Br2ClN2O. The number of aromatic hydroxyl groups is 1. The lowest BCUT2D eigenvalue weighted by Gasteiger charge is -2.31. The third-order valence-electron chi connectivity index (χ3n) is 4.75. The molecule has 6 heteroatoms. The van der Waals surface area contributed by atoms with E-state index in [4.69, 9.17) is 16.6 Å². The van der Waals surface area contributed by atoms with Gasteiger partial charge in [-0.05, 0) is 53.6 Å². The maximum absolute atomic E-state index is 10.4. The molecular weight excluding hydrogens is 504 g/mol. The van der Waals surface area contributed by atoms with Crippen LogP contribution in [0.2, 0.25) is 5.02 Å². The second kappa shape index (κ2) is 8.37. The fourth-order valence-electron chi connectivity index (χ4n) is 3.37. The zero-order valence-corrected chi connectivity index (χ0v) is 18.7. The molecule has 0 saturated heterocycles. The Labute approximate surface area is 185 Å². The summed E-state index contributed by atoms with van der Waals surface area (Å²) in [6, 6.07) is 21.3. The maximum Gasteiger partial charge on any atom is 0.126 e. The highest BCUT2D eigenvalue weighted by Crippen LogP contribution is 2.36. The minimum absolute atomic E-state index is 0.112.